The number of methoxy groups -OCH3 is 2. The zero-order valence-corrected chi connectivity index (χ0v) is 20.0. The predicted molar refractivity (Wildman–Crippen MR) is 124 cm³/mol. The molecule has 33 heavy (non-hydrogen) atoms. The van der Waals surface area contributed by atoms with Crippen LogP contribution in [0.5, 0.6) is 17.2 Å². The van der Waals surface area contributed by atoms with Crippen LogP contribution in [0.1, 0.15) is 31.1 Å². The fourth-order valence-electron chi connectivity index (χ4n) is 2.90. The van der Waals surface area contributed by atoms with Crippen molar-refractivity contribution in [1.29, 1.82) is 0 Å². The van der Waals surface area contributed by atoms with Gasteiger partial charge in [0.25, 0.3) is 15.9 Å². The maximum Gasteiger partial charge on any atom is 0.261 e. The van der Waals surface area contributed by atoms with Gasteiger partial charge in [-0.25, -0.2) is 8.42 Å². The van der Waals surface area contributed by atoms with Crippen LogP contribution >= 0.6 is 0 Å². The maximum atomic E-state index is 13.0. The molecule has 0 saturated heterocycles. The fraction of sp³-hybridized carbons (Fsp3) is 0.364. The third kappa shape index (κ3) is 6.51. The Bertz CT molecular complexity index is 1090. The van der Waals surface area contributed by atoms with E-state index in [1.165, 1.54) is 57.5 Å². The number of nitrogens with one attached hydrogen (secondary N) is 3. The summed E-state index contributed by atoms with van der Waals surface area (Å²) in [5, 5.41) is 5.17. The number of hydrogen-bond donors (Lipinski definition) is 3. The van der Waals surface area contributed by atoms with E-state index in [1.807, 2.05) is 6.92 Å². The van der Waals surface area contributed by atoms with Crippen LogP contribution in [0.4, 0.5) is 5.69 Å². The summed E-state index contributed by atoms with van der Waals surface area (Å²) < 4.78 is 44.3. The molecule has 2 amide bonds. The first-order chi connectivity index (χ1) is 15.7. The van der Waals surface area contributed by atoms with Crippen LogP contribution in [0.2, 0.25) is 0 Å². The lowest BCUT2D eigenvalue weighted by atomic mass is 10.1. The molecule has 0 fully saturated rings. The van der Waals surface area contributed by atoms with E-state index in [1.54, 1.807) is 6.92 Å². The summed E-state index contributed by atoms with van der Waals surface area (Å²) >= 11 is 0. The summed E-state index contributed by atoms with van der Waals surface area (Å²) in [6.45, 7) is 5.95. The minimum Gasteiger partial charge on any atom is -0.494 e. The lowest BCUT2D eigenvalue weighted by Crippen LogP contribution is -2.44. The minimum atomic E-state index is -4.06. The van der Waals surface area contributed by atoms with Gasteiger partial charge in [-0.3, -0.25) is 14.3 Å². The largest absolute Gasteiger partial charge is 0.494 e. The van der Waals surface area contributed by atoms with Gasteiger partial charge in [0, 0.05) is 12.6 Å². The van der Waals surface area contributed by atoms with Gasteiger partial charge in [-0.05, 0) is 51.1 Å². The molecule has 10 nitrogen and oxygen atoms in total. The quantitative estimate of drug-likeness (QED) is 0.450. The van der Waals surface area contributed by atoms with E-state index in [4.69, 9.17) is 14.2 Å². The van der Waals surface area contributed by atoms with Crippen molar-refractivity contribution in [3.05, 3.63) is 42.0 Å². The van der Waals surface area contributed by atoms with Gasteiger partial charge < -0.3 is 24.8 Å². The second kappa shape index (κ2) is 11.4. The van der Waals surface area contributed by atoms with Gasteiger partial charge >= 0.3 is 0 Å². The topological polar surface area (TPSA) is 132 Å². The molecule has 1 atom stereocenters. The molecule has 0 saturated carbocycles. The average Bonchev–Trinajstić information content (AvgIpc) is 2.79. The molecule has 0 aliphatic carbocycles. The number of anilines is 1. The zero-order chi connectivity index (χ0) is 24.6. The van der Waals surface area contributed by atoms with E-state index in [0.29, 0.717) is 18.9 Å². The van der Waals surface area contributed by atoms with Crippen LogP contribution in [0, 0.1) is 0 Å². The summed E-state index contributed by atoms with van der Waals surface area (Å²) in [6.07, 6.45) is 0. The van der Waals surface area contributed by atoms with Gasteiger partial charge in [0.2, 0.25) is 5.91 Å². The number of sulfonamides is 1. The second-order valence-corrected chi connectivity index (χ2v) is 8.53. The Morgan fingerprint density at radius 1 is 1.00 bits per heavy atom. The first-order valence-corrected chi connectivity index (χ1v) is 11.7. The number of ether oxygens (including phenoxy) is 3. The Morgan fingerprint density at radius 3 is 2.15 bits per heavy atom. The molecule has 0 spiro atoms. The molecule has 0 heterocycles. The number of carbonyl (C=O) groups excluding carboxylic acids is 2. The van der Waals surface area contributed by atoms with Crippen LogP contribution in [0.3, 0.4) is 0 Å². The van der Waals surface area contributed by atoms with Crippen LogP contribution in [-0.2, 0) is 14.8 Å². The van der Waals surface area contributed by atoms with Crippen molar-refractivity contribution in [3.63, 3.8) is 0 Å². The molecule has 3 N–H and O–H groups in total. The highest BCUT2D eigenvalue weighted by atomic mass is 32.2. The monoisotopic (exact) mass is 479 g/mol. The summed E-state index contributed by atoms with van der Waals surface area (Å²) in [5.74, 6) is -0.0727. The third-order valence-electron chi connectivity index (χ3n) is 4.55. The Hall–Kier alpha value is -3.47. The SMILES string of the molecule is CCNC(=O)[C@H](C)NC(=O)c1cc(OC)c(OC)cc1NS(=O)(=O)c1ccc(OCC)cc1. The second-order valence-electron chi connectivity index (χ2n) is 6.85. The van der Waals surface area contributed by atoms with Crippen LogP contribution in [-0.4, -0.2) is 53.6 Å². The smallest absolute Gasteiger partial charge is 0.261 e. The van der Waals surface area contributed by atoms with E-state index in [2.05, 4.69) is 15.4 Å². The van der Waals surface area contributed by atoms with Crippen molar-refractivity contribution >= 4 is 27.5 Å². The molecule has 2 aromatic carbocycles. The molecule has 0 radical (unpaired) electrons. The zero-order valence-electron chi connectivity index (χ0n) is 19.2. The number of likely N-dealkylation sites (N-methyl/N-ethyl adjacent to an activating group) is 1. The average molecular weight is 480 g/mol. The minimum absolute atomic E-state index is 0.0252. The number of amides is 2. The van der Waals surface area contributed by atoms with Gasteiger partial charge in [-0.2, -0.15) is 0 Å². The van der Waals surface area contributed by atoms with E-state index >= 15 is 0 Å². The van der Waals surface area contributed by atoms with Gasteiger partial charge in [-0.15, -0.1) is 0 Å². The summed E-state index contributed by atoms with van der Waals surface area (Å²) in [7, 11) is -1.28. The molecule has 180 valence electrons. The number of rotatable bonds is 11. The molecule has 0 aliphatic heterocycles. The van der Waals surface area contributed by atoms with E-state index < -0.39 is 22.0 Å². The van der Waals surface area contributed by atoms with Crippen molar-refractivity contribution in [2.75, 3.05) is 32.1 Å². The van der Waals surface area contributed by atoms with Gasteiger partial charge in [0.1, 0.15) is 11.8 Å². The van der Waals surface area contributed by atoms with Crippen molar-refractivity contribution in [1.82, 2.24) is 10.6 Å². The molecule has 0 aliphatic rings. The van der Waals surface area contributed by atoms with Crippen molar-refractivity contribution in [2.24, 2.45) is 0 Å². The molecular weight excluding hydrogens is 450 g/mol. The molecule has 0 aromatic heterocycles. The summed E-state index contributed by atoms with van der Waals surface area (Å²) in [4.78, 5) is 24.9. The van der Waals surface area contributed by atoms with Crippen LogP contribution < -0.4 is 29.6 Å². The molecule has 11 heteroatoms. The van der Waals surface area contributed by atoms with Crippen molar-refractivity contribution < 1.29 is 32.2 Å². The summed E-state index contributed by atoms with van der Waals surface area (Å²) in [6, 6.07) is 7.70. The number of hydrogen-bond acceptors (Lipinski definition) is 7. The normalized spacial score (nSPS) is 11.8. The Labute approximate surface area is 193 Å². The van der Waals surface area contributed by atoms with E-state index in [9.17, 15) is 18.0 Å². The Balaban J connectivity index is 2.43. The van der Waals surface area contributed by atoms with Crippen molar-refractivity contribution in [2.45, 2.75) is 31.7 Å². The standard InChI is InChI=1S/C22H29N3O7S/c1-6-23-21(26)14(3)24-22(27)17-12-19(30-4)20(31-5)13-18(17)25-33(28,29)16-10-8-15(9-11-16)32-7-2/h8-14,25H,6-7H2,1-5H3,(H,23,26)(H,24,27)/t14-/m0/s1. The molecule has 2 aromatic rings. The van der Waals surface area contributed by atoms with Gasteiger partial charge in [0.15, 0.2) is 11.5 Å². The highest BCUT2D eigenvalue weighted by Gasteiger charge is 2.24. The van der Waals surface area contributed by atoms with E-state index in [-0.39, 0.29) is 33.6 Å². The highest BCUT2D eigenvalue weighted by Crippen LogP contribution is 2.34. The molecular formula is C22H29N3O7S. The maximum absolute atomic E-state index is 13.0. The van der Waals surface area contributed by atoms with Gasteiger partial charge in [0.05, 0.1) is 37.0 Å². The number of benzene rings is 2. The van der Waals surface area contributed by atoms with Gasteiger partial charge in [-0.1, -0.05) is 0 Å². The lowest BCUT2D eigenvalue weighted by molar-refractivity contribution is -0.122. The molecule has 2 rings (SSSR count). The fourth-order valence-corrected chi connectivity index (χ4v) is 3.97. The lowest BCUT2D eigenvalue weighted by Gasteiger charge is -2.18. The molecule has 0 bridgehead atoms. The molecule has 0 unspecified atom stereocenters. The first-order valence-electron chi connectivity index (χ1n) is 10.3. The van der Waals surface area contributed by atoms with Crippen LogP contribution in [0.25, 0.3) is 0 Å². The van der Waals surface area contributed by atoms with Crippen molar-refractivity contribution in [3.8, 4) is 17.2 Å². The predicted octanol–water partition coefficient (Wildman–Crippen LogP) is 2.16. The third-order valence-corrected chi connectivity index (χ3v) is 5.93. The first kappa shape index (κ1) is 25.8. The van der Waals surface area contributed by atoms with E-state index in [0.717, 1.165) is 0 Å². The summed E-state index contributed by atoms with van der Waals surface area (Å²) in [5.41, 5.74) is -0.0829. The van der Waals surface area contributed by atoms with Crippen LogP contribution in [0.15, 0.2) is 41.3 Å². The Kier molecular flexibility index (Phi) is 8.92. The highest BCUT2D eigenvalue weighted by molar-refractivity contribution is 7.92. The number of carbonyl (C=O) groups is 2. The Morgan fingerprint density at radius 2 is 1.61 bits per heavy atom.